The Bertz CT molecular complexity index is 2090. The maximum atomic E-state index is 14.1. The Morgan fingerprint density at radius 2 is 1.95 bits per heavy atom. The first kappa shape index (κ1) is 25.5. The van der Waals surface area contributed by atoms with Crippen molar-refractivity contribution in [3.63, 3.8) is 0 Å². The van der Waals surface area contributed by atoms with E-state index >= 15 is 0 Å². The molecule has 42 heavy (non-hydrogen) atoms. The maximum absolute atomic E-state index is 14.1. The van der Waals surface area contributed by atoms with E-state index < -0.39 is 0 Å². The van der Waals surface area contributed by atoms with Crippen LogP contribution < -0.4 is 15.7 Å². The van der Waals surface area contributed by atoms with E-state index in [1.54, 1.807) is 29.7 Å². The Kier molecular flexibility index (Phi) is 6.00. The van der Waals surface area contributed by atoms with E-state index in [1.165, 1.54) is 0 Å². The van der Waals surface area contributed by atoms with Gasteiger partial charge in [0.05, 0.1) is 18.3 Å². The minimum atomic E-state index is -0.226. The van der Waals surface area contributed by atoms with Gasteiger partial charge in [0.2, 0.25) is 5.91 Å². The summed E-state index contributed by atoms with van der Waals surface area (Å²) in [5, 5.41) is 24.4. The number of rotatable bonds is 6. The molecule has 3 aromatic heterocycles. The fourth-order valence-electron chi connectivity index (χ4n) is 5.99. The molecule has 6 aromatic rings. The van der Waals surface area contributed by atoms with Crippen molar-refractivity contribution < 1.29 is 14.7 Å². The number of imidazole rings is 1. The minimum Gasteiger partial charge on any atom is -0.507 e. The number of nitrogens with one attached hydrogen (secondary N) is 4. The number of hydrogen-bond acceptors (Lipinski definition) is 6. The number of carbonyl (C=O) groups excluding carboxylic acids is 2. The Hall–Kier alpha value is -5.45. The summed E-state index contributed by atoms with van der Waals surface area (Å²) in [6.45, 7) is 2.79. The lowest BCUT2D eigenvalue weighted by atomic mass is 9.94. The van der Waals surface area contributed by atoms with Crippen LogP contribution in [0.5, 0.6) is 5.75 Å². The second-order valence-electron chi connectivity index (χ2n) is 10.6. The molecule has 0 unspecified atom stereocenters. The molecule has 2 amide bonds. The Morgan fingerprint density at radius 1 is 1.12 bits per heavy atom. The SMILES string of the molecule is CCCC(=O)Nc1ccc2[nH]c(C(=O)N3C[C@@H](Cn4cnc(=N)c5[nH]cnc54)c4c3cc(O)c3ccccc43)cc2c1. The molecule has 11 heteroatoms. The monoisotopic (exact) mass is 560 g/mol. The van der Waals surface area contributed by atoms with Crippen molar-refractivity contribution in [3.8, 4) is 5.75 Å². The molecule has 1 aliphatic heterocycles. The van der Waals surface area contributed by atoms with Crippen LogP contribution in [-0.2, 0) is 11.3 Å². The highest BCUT2D eigenvalue weighted by molar-refractivity contribution is 6.11. The van der Waals surface area contributed by atoms with Gasteiger partial charge < -0.3 is 29.9 Å². The van der Waals surface area contributed by atoms with E-state index in [4.69, 9.17) is 5.41 Å². The van der Waals surface area contributed by atoms with Crippen LogP contribution in [0.1, 0.15) is 41.7 Å². The summed E-state index contributed by atoms with van der Waals surface area (Å²) >= 11 is 0. The van der Waals surface area contributed by atoms with E-state index in [-0.39, 0.29) is 29.0 Å². The zero-order chi connectivity index (χ0) is 29.0. The number of hydrogen-bond donors (Lipinski definition) is 5. The molecule has 0 saturated heterocycles. The van der Waals surface area contributed by atoms with Crippen molar-refractivity contribution in [1.29, 1.82) is 5.41 Å². The number of aromatic nitrogens is 5. The van der Waals surface area contributed by atoms with Crippen LogP contribution in [0.3, 0.4) is 0 Å². The molecule has 210 valence electrons. The van der Waals surface area contributed by atoms with Crippen molar-refractivity contribution in [2.75, 3.05) is 16.8 Å². The first-order chi connectivity index (χ1) is 20.4. The van der Waals surface area contributed by atoms with Crippen LogP contribution in [0, 0.1) is 5.41 Å². The fraction of sp³-hybridized carbons (Fsp3) is 0.194. The van der Waals surface area contributed by atoms with Gasteiger partial charge >= 0.3 is 0 Å². The average Bonchev–Trinajstić information content (AvgIpc) is 3.72. The van der Waals surface area contributed by atoms with Crippen molar-refractivity contribution in [2.24, 2.45) is 0 Å². The van der Waals surface area contributed by atoms with Gasteiger partial charge in [-0.25, -0.2) is 9.97 Å². The van der Waals surface area contributed by atoms with Crippen LogP contribution in [0.2, 0.25) is 0 Å². The van der Waals surface area contributed by atoms with Crippen molar-refractivity contribution in [1.82, 2.24) is 24.5 Å². The van der Waals surface area contributed by atoms with E-state index in [2.05, 4.69) is 25.3 Å². The molecule has 0 aliphatic carbocycles. The summed E-state index contributed by atoms with van der Waals surface area (Å²) < 4.78 is 1.89. The van der Waals surface area contributed by atoms with E-state index in [1.807, 2.05) is 54.0 Å². The third-order valence-electron chi connectivity index (χ3n) is 7.87. The summed E-state index contributed by atoms with van der Waals surface area (Å²) in [5.74, 6) is -0.305. The number of aromatic amines is 2. The van der Waals surface area contributed by atoms with Crippen LogP contribution in [0.25, 0.3) is 32.8 Å². The molecule has 3 aromatic carbocycles. The number of benzene rings is 3. The van der Waals surface area contributed by atoms with Gasteiger partial charge in [0.15, 0.2) is 11.1 Å². The smallest absolute Gasteiger partial charge is 0.274 e. The standard InChI is InChI=1S/C31H28N8O3/c1-2-5-26(41)36-19-8-9-22-17(10-19)11-23(37-22)31(42)39-14-18(13-38-16-35-29(32)28-30(38)34-15-33-28)27-21-7-4-3-6-20(21)25(40)12-24(27)39/h3-4,6-12,15-16,18,32,37,40H,2,5,13-14H2,1H3,(H,33,34)(H,36,41)/t18-/m1/s1. The third kappa shape index (κ3) is 4.17. The summed E-state index contributed by atoms with van der Waals surface area (Å²) in [5.41, 5.74) is 4.74. The number of amides is 2. The predicted octanol–water partition coefficient (Wildman–Crippen LogP) is 4.76. The van der Waals surface area contributed by atoms with Gasteiger partial charge in [-0.05, 0) is 41.6 Å². The topological polar surface area (TPSA) is 156 Å². The lowest BCUT2D eigenvalue weighted by Gasteiger charge is -2.18. The molecular formula is C31H28N8O3. The number of phenolic OH excluding ortho intramolecular Hbond substituents is 1. The molecule has 0 saturated carbocycles. The second kappa shape index (κ2) is 9.88. The molecule has 7 rings (SSSR count). The normalized spacial score (nSPS) is 14.6. The van der Waals surface area contributed by atoms with Gasteiger partial charge in [0.25, 0.3) is 5.91 Å². The summed E-state index contributed by atoms with van der Waals surface area (Å²) in [6, 6.07) is 16.6. The molecular weight excluding hydrogens is 532 g/mol. The van der Waals surface area contributed by atoms with Gasteiger partial charge in [-0.15, -0.1) is 0 Å². The van der Waals surface area contributed by atoms with E-state index in [0.29, 0.717) is 53.1 Å². The summed E-state index contributed by atoms with van der Waals surface area (Å²) in [7, 11) is 0. The quantitative estimate of drug-likeness (QED) is 0.199. The highest BCUT2D eigenvalue weighted by Crippen LogP contribution is 2.46. The molecule has 0 bridgehead atoms. The van der Waals surface area contributed by atoms with Crippen molar-refractivity contribution in [3.05, 3.63) is 84.0 Å². The Labute approximate surface area is 239 Å². The average molecular weight is 561 g/mol. The number of aromatic hydroxyl groups is 1. The predicted molar refractivity (Wildman–Crippen MR) is 160 cm³/mol. The second-order valence-corrected chi connectivity index (χ2v) is 10.6. The van der Waals surface area contributed by atoms with Crippen LogP contribution in [-0.4, -0.2) is 48.0 Å². The van der Waals surface area contributed by atoms with Gasteiger partial charge in [-0.2, -0.15) is 0 Å². The molecule has 1 atom stereocenters. The number of fused-ring (bicyclic) bond motifs is 5. The number of phenols is 1. The van der Waals surface area contributed by atoms with Gasteiger partial charge in [-0.1, -0.05) is 31.2 Å². The number of carbonyl (C=O) groups is 2. The van der Waals surface area contributed by atoms with Gasteiger partial charge in [0.1, 0.15) is 17.0 Å². The van der Waals surface area contributed by atoms with Crippen molar-refractivity contribution >= 4 is 56.0 Å². The largest absolute Gasteiger partial charge is 0.507 e. The molecule has 4 heterocycles. The Balaban J connectivity index is 1.28. The maximum Gasteiger partial charge on any atom is 0.274 e. The Morgan fingerprint density at radius 3 is 2.79 bits per heavy atom. The lowest BCUT2D eigenvalue weighted by molar-refractivity contribution is -0.116. The van der Waals surface area contributed by atoms with Gasteiger partial charge in [0, 0.05) is 53.5 Å². The van der Waals surface area contributed by atoms with E-state index in [0.717, 1.165) is 28.3 Å². The highest BCUT2D eigenvalue weighted by atomic mass is 16.3. The number of nitrogens with zero attached hydrogens (tertiary/aromatic N) is 4. The number of anilines is 2. The summed E-state index contributed by atoms with van der Waals surface area (Å²) in [6.07, 6.45) is 4.35. The highest BCUT2D eigenvalue weighted by Gasteiger charge is 2.36. The zero-order valence-corrected chi connectivity index (χ0v) is 22.8. The van der Waals surface area contributed by atoms with Gasteiger partial charge in [-0.3, -0.25) is 15.0 Å². The van der Waals surface area contributed by atoms with E-state index in [9.17, 15) is 14.7 Å². The lowest BCUT2D eigenvalue weighted by Crippen LogP contribution is -2.31. The molecule has 0 spiro atoms. The zero-order valence-electron chi connectivity index (χ0n) is 22.8. The first-order valence-electron chi connectivity index (χ1n) is 13.8. The molecule has 5 N–H and O–H groups in total. The van der Waals surface area contributed by atoms with Crippen LogP contribution in [0.4, 0.5) is 11.4 Å². The van der Waals surface area contributed by atoms with Crippen LogP contribution >= 0.6 is 0 Å². The number of H-pyrrole nitrogens is 2. The first-order valence-corrected chi connectivity index (χ1v) is 13.8. The third-order valence-corrected chi connectivity index (χ3v) is 7.87. The minimum absolute atomic E-state index is 0.0482. The molecule has 0 fully saturated rings. The van der Waals surface area contributed by atoms with Crippen LogP contribution in [0.15, 0.2) is 67.3 Å². The molecule has 11 nitrogen and oxygen atoms in total. The fourth-order valence-corrected chi connectivity index (χ4v) is 5.99. The molecule has 0 radical (unpaired) electrons. The summed E-state index contributed by atoms with van der Waals surface area (Å²) in [4.78, 5) is 42.7. The van der Waals surface area contributed by atoms with Crippen molar-refractivity contribution in [2.45, 2.75) is 32.2 Å². The molecule has 1 aliphatic rings.